The Kier molecular flexibility index (Phi) is 11.1. The fraction of sp³-hybridized carbons (Fsp3) is 0.371. The van der Waals surface area contributed by atoms with Gasteiger partial charge in [-0.25, -0.2) is 14.5 Å². The summed E-state index contributed by atoms with van der Waals surface area (Å²) in [6.45, 7) is 8.27. The minimum absolute atomic E-state index is 0.0125. The van der Waals surface area contributed by atoms with Crippen molar-refractivity contribution in [3.05, 3.63) is 117 Å². The minimum atomic E-state index is -0.740. The van der Waals surface area contributed by atoms with Crippen molar-refractivity contribution in [2.75, 3.05) is 0 Å². The van der Waals surface area contributed by atoms with Crippen LogP contribution in [0.4, 0.5) is 0 Å². The molecule has 0 aliphatic heterocycles. The standard InChI is InChI=1S/C35H43N5O3/c1-5-8-18-30-29(35(41)40(24(4)38-30)31-19-12-13-20-37-31)23-25-21-27(14-6-2)32(28(22-25)15-7-3)43-33(34(36)39-42)26-16-10-9-11-17-26/h9-13,16-17,19-22,33,42H,5-8,14-15,18,23H2,1-4H3,(H2,36,39). The lowest BCUT2D eigenvalue weighted by atomic mass is 9.94. The predicted octanol–water partition coefficient (Wildman–Crippen LogP) is 6.64. The SMILES string of the molecule is CCCCc1nc(C)n(-c2ccccn2)c(=O)c1Cc1cc(CCC)c(OC(C(N)=NO)c2ccccc2)c(CCC)c1. The van der Waals surface area contributed by atoms with Gasteiger partial charge in [0.05, 0.1) is 5.69 Å². The van der Waals surface area contributed by atoms with Crippen molar-refractivity contribution in [1.82, 2.24) is 14.5 Å². The Morgan fingerprint density at radius 2 is 1.65 bits per heavy atom. The lowest BCUT2D eigenvalue weighted by Gasteiger charge is -2.24. The topological polar surface area (TPSA) is 116 Å². The zero-order valence-corrected chi connectivity index (χ0v) is 25.7. The number of hydrogen-bond donors (Lipinski definition) is 2. The third-order valence-electron chi connectivity index (χ3n) is 7.52. The first-order valence-electron chi connectivity index (χ1n) is 15.3. The Balaban J connectivity index is 1.84. The highest BCUT2D eigenvalue weighted by Crippen LogP contribution is 2.34. The molecule has 1 unspecified atom stereocenters. The molecule has 0 saturated heterocycles. The molecule has 0 aliphatic carbocycles. The summed E-state index contributed by atoms with van der Waals surface area (Å²) in [7, 11) is 0. The second-order valence-electron chi connectivity index (χ2n) is 10.9. The normalized spacial score (nSPS) is 12.3. The van der Waals surface area contributed by atoms with Gasteiger partial charge in [0.2, 0.25) is 0 Å². The molecule has 2 aromatic heterocycles. The summed E-state index contributed by atoms with van der Waals surface area (Å²) in [5.74, 6) is 1.95. The van der Waals surface area contributed by atoms with E-state index in [0.29, 0.717) is 23.6 Å². The van der Waals surface area contributed by atoms with E-state index in [1.54, 1.807) is 10.8 Å². The van der Waals surface area contributed by atoms with Gasteiger partial charge in [0, 0.05) is 23.7 Å². The number of aryl methyl sites for hydroxylation is 4. The fourth-order valence-corrected chi connectivity index (χ4v) is 5.49. The average Bonchev–Trinajstić information content (AvgIpc) is 3.02. The summed E-state index contributed by atoms with van der Waals surface area (Å²) in [5, 5.41) is 12.9. The monoisotopic (exact) mass is 581 g/mol. The Morgan fingerprint density at radius 1 is 0.977 bits per heavy atom. The van der Waals surface area contributed by atoms with E-state index in [1.807, 2.05) is 55.5 Å². The lowest BCUT2D eigenvalue weighted by molar-refractivity contribution is 0.250. The van der Waals surface area contributed by atoms with Gasteiger partial charge in [-0.2, -0.15) is 0 Å². The number of nitrogens with zero attached hydrogens (tertiary/aromatic N) is 4. The molecule has 3 N–H and O–H groups in total. The molecule has 0 amide bonds. The van der Waals surface area contributed by atoms with E-state index in [2.05, 4.69) is 43.0 Å². The summed E-state index contributed by atoms with van der Waals surface area (Å²) < 4.78 is 8.23. The number of nitrogens with two attached hydrogens (primary N) is 1. The van der Waals surface area contributed by atoms with Crippen molar-refractivity contribution in [3.63, 3.8) is 0 Å². The van der Waals surface area contributed by atoms with Crippen LogP contribution in [0.25, 0.3) is 5.82 Å². The van der Waals surface area contributed by atoms with Crippen LogP contribution in [0.15, 0.2) is 76.8 Å². The molecule has 43 heavy (non-hydrogen) atoms. The van der Waals surface area contributed by atoms with Crippen LogP contribution in [-0.2, 0) is 25.7 Å². The zero-order chi connectivity index (χ0) is 30.8. The molecule has 0 radical (unpaired) electrons. The Bertz CT molecular complexity index is 1560. The summed E-state index contributed by atoms with van der Waals surface area (Å²) in [6.07, 6.45) is 7.50. The molecule has 8 nitrogen and oxygen atoms in total. The van der Waals surface area contributed by atoms with Crippen LogP contribution in [0.3, 0.4) is 0 Å². The minimum Gasteiger partial charge on any atom is -0.477 e. The van der Waals surface area contributed by atoms with Gasteiger partial charge in [0.1, 0.15) is 17.4 Å². The number of rotatable bonds is 14. The number of hydrogen-bond acceptors (Lipinski definition) is 6. The smallest absolute Gasteiger partial charge is 0.263 e. The van der Waals surface area contributed by atoms with Crippen LogP contribution >= 0.6 is 0 Å². The second-order valence-corrected chi connectivity index (χ2v) is 10.9. The fourth-order valence-electron chi connectivity index (χ4n) is 5.49. The maximum absolute atomic E-state index is 14.1. The highest BCUT2D eigenvalue weighted by atomic mass is 16.5. The third-order valence-corrected chi connectivity index (χ3v) is 7.52. The van der Waals surface area contributed by atoms with Crippen molar-refractivity contribution in [3.8, 4) is 11.6 Å². The maximum atomic E-state index is 14.1. The van der Waals surface area contributed by atoms with Crippen LogP contribution in [0.5, 0.6) is 5.75 Å². The van der Waals surface area contributed by atoms with E-state index in [0.717, 1.165) is 78.6 Å². The van der Waals surface area contributed by atoms with Gasteiger partial charge in [-0.1, -0.05) is 93.7 Å². The molecule has 2 heterocycles. The van der Waals surface area contributed by atoms with E-state index in [4.69, 9.17) is 15.5 Å². The van der Waals surface area contributed by atoms with E-state index < -0.39 is 6.10 Å². The van der Waals surface area contributed by atoms with Gasteiger partial charge in [0.15, 0.2) is 11.9 Å². The van der Waals surface area contributed by atoms with Crippen LogP contribution in [0, 0.1) is 6.92 Å². The molecule has 0 spiro atoms. The summed E-state index contributed by atoms with van der Waals surface area (Å²) in [6, 6.07) is 19.4. The number of oxime groups is 1. The third kappa shape index (κ3) is 7.49. The largest absolute Gasteiger partial charge is 0.477 e. The number of benzene rings is 2. The van der Waals surface area contributed by atoms with E-state index in [-0.39, 0.29) is 11.4 Å². The quantitative estimate of drug-likeness (QED) is 0.0746. The van der Waals surface area contributed by atoms with Gasteiger partial charge in [-0.05, 0) is 61.4 Å². The Labute approximate surface area is 254 Å². The number of pyridine rings is 1. The van der Waals surface area contributed by atoms with Crippen molar-refractivity contribution in [2.24, 2.45) is 10.9 Å². The van der Waals surface area contributed by atoms with Gasteiger partial charge in [-0.3, -0.25) is 4.79 Å². The summed E-state index contributed by atoms with van der Waals surface area (Å²) >= 11 is 0. The molecule has 4 aromatic rings. The molecule has 2 aromatic carbocycles. The highest BCUT2D eigenvalue weighted by molar-refractivity contribution is 5.86. The van der Waals surface area contributed by atoms with Crippen molar-refractivity contribution in [1.29, 1.82) is 0 Å². The predicted molar refractivity (Wildman–Crippen MR) is 171 cm³/mol. The van der Waals surface area contributed by atoms with Crippen molar-refractivity contribution < 1.29 is 9.94 Å². The van der Waals surface area contributed by atoms with Crippen molar-refractivity contribution >= 4 is 5.84 Å². The Morgan fingerprint density at radius 3 is 2.23 bits per heavy atom. The molecular formula is C35H43N5O3. The molecule has 1 atom stereocenters. The summed E-state index contributed by atoms with van der Waals surface area (Å²) in [4.78, 5) is 23.5. The number of aromatic nitrogens is 3. The lowest BCUT2D eigenvalue weighted by Crippen LogP contribution is -2.29. The van der Waals surface area contributed by atoms with Crippen LogP contribution in [0.1, 0.15) is 91.9 Å². The van der Waals surface area contributed by atoms with Gasteiger partial charge in [-0.15, -0.1) is 0 Å². The maximum Gasteiger partial charge on any atom is 0.263 e. The zero-order valence-electron chi connectivity index (χ0n) is 25.7. The Hall–Kier alpha value is -4.46. The first-order chi connectivity index (χ1) is 20.9. The van der Waals surface area contributed by atoms with E-state index in [9.17, 15) is 10.0 Å². The first-order valence-corrected chi connectivity index (χ1v) is 15.3. The van der Waals surface area contributed by atoms with Crippen LogP contribution < -0.4 is 16.0 Å². The van der Waals surface area contributed by atoms with E-state index >= 15 is 0 Å². The molecule has 8 heteroatoms. The van der Waals surface area contributed by atoms with Crippen LogP contribution in [0.2, 0.25) is 0 Å². The van der Waals surface area contributed by atoms with Gasteiger partial charge < -0.3 is 15.7 Å². The molecule has 0 bridgehead atoms. The molecular weight excluding hydrogens is 538 g/mol. The molecule has 0 fully saturated rings. The molecule has 0 aliphatic rings. The highest BCUT2D eigenvalue weighted by Gasteiger charge is 2.24. The van der Waals surface area contributed by atoms with Gasteiger partial charge in [0.25, 0.3) is 5.56 Å². The van der Waals surface area contributed by atoms with E-state index in [1.165, 1.54) is 0 Å². The molecule has 226 valence electrons. The van der Waals surface area contributed by atoms with Crippen molar-refractivity contribution in [2.45, 2.75) is 85.2 Å². The number of unbranched alkanes of at least 4 members (excludes halogenated alkanes) is 1. The second kappa shape index (κ2) is 15.1. The average molecular weight is 582 g/mol. The molecule has 0 saturated carbocycles. The number of amidine groups is 1. The first kappa shape index (κ1) is 31.5. The molecule has 4 rings (SSSR count). The van der Waals surface area contributed by atoms with Crippen LogP contribution in [-0.4, -0.2) is 25.6 Å². The van der Waals surface area contributed by atoms with Gasteiger partial charge >= 0.3 is 0 Å². The number of ether oxygens (including phenoxy) is 1. The summed E-state index contributed by atoms with van der Waals surface area (Å²) in [5.41, 5.74) is 11.5.